The van der Waals surface area contributed by atoms with Gasteiger partial charge in [-0.1, -0.05) is 13.8 Å². The molecule has 0 aromatic heterocycles. The molecule has 0 N–H and O–H groups in total. The summed E-state index contributed by atoms with van der Waals surface area (Å²) in [6, 6.07) is 0. The molecule has 16 unspecified atom stereocenters. The van der Waals surface area contributed by atoms with Gasteiger partial charge in [0.2, 0.25) is 0 Å². The van der Waals surface area contributed by atoms with Gasteiger partial charge in [-0.15, -0.1) is 0 Å². The van der Waals surface area contributed by atoms with E-state index in [2.05, 4.69) is 13.8 Å². The molecule has 4 saturated heterocycles. The maximum absolute atomic E-state index is 7.59. The first-order chi connectivity index (χ1) is 16.1. The third kappa shape index (κ3) is 3.84. The van der Waals surface area contributed by atoms with E-state index in [1.807, 2.05) is 0 Å². The molecule has 5 heteroatoms. The summed E-state index contributed by atoms with van der Waals surface area (Å²) >= 11 is 0. The highest BCUT2D eigenvalue weighted by atomic mass is 16.6. The van der Waals surface area contributed by atoms with Crippen molar-refractivity contribution in [2.45, 2.75) is 139 Å². The van der Waals surface area contributed by atoms with Gasteiger partial charge in [0, 0.05) is 0 Å². The SMILES string of the molecule is CC1CC2OC2CC1C(OC(C1CCC2OC2C1)C1CC2OC2CC1C)C1CCC2OC2C1. The van der Waals surface area contributed by atoms with Gasteiger partial charge in [-0.05, 0) is 99.7 Å². The van der Waals surface area contributed by atoms with Crippen molar-refractivity contribution in [1.29, 1.82) is 0 Å². The Bertz CT molecular complexity index is 711. The minimum absolute atomic E-state index is 0.364. The monoisotopic (exact) mass is 458 g/mol. The van der Waals surface area contributed by atoms with Crippen LogP contribution in [0.4, 0.5) is 0 Å². The van der Waals surface area contributed by atoms with Gasteiger partial charge in [-0.25, -0.2) is 0 Å². The largest absolute Gasteiger partial charge is 0.374 e. The van der Waals surface area contributed by atoms with E-state index >= 15 is 0 Å². The number of fused-ring (bicyclic) bond motifs is 4. The average Bonchev–Trinajstić information content (AvgIpc) is 3.61. The van der Waals surface area contributed by atoms with Gasteiger partial charge < -0.3 is 23.7 Å². The fourth-order valence-corrected chi connectivity index (χ4v) is 8.96. The summed E-state index contributed by atoms with van der Waals surface area (Å²) in [6.07, 6.45) is 17.3. The molecule has 184 valence electrons. The predicted octanol–water partition coefficient (Wildman–Crippen LogP) is 4.50. The van der Waals surface area contributed by atoms with Crippen LogP contribution in [-0.2, 0) is 23.7 Å². The lowest BCUT2D eigenvalue weighted by Gasteiger charge is -2.46. The van der Waals surface area contributed by atoms with Crippen molar-refractivity contribution in [3.8, 4) is 0 Å². The zero-order chi connectivity index (χ0) is 21.8. The Balaban J connectivity index is 1.09. The summed E-state index contributed by atoms with van der Waals surface area (Å²) in [5.74, 6) is 3.95. The van der Waals surface area contributed by atoms with Crippen LogP contribution in [0.2, 0.25) is 0 Å². The van der Waals surface area contributed by atoms with Crippen LogP contribution in [0, 0.1) is 35.5 Å². The van der Waals surface area contributed by atoms with Crippen molar-refractivity contribution in [2.24, 2.45) is 35.5 Å². The molecule has 4 aliphatic carbocycles. The predicted molar refractivity (Wildman–Crippen MR) is 122 cm³/mol. The second-order valence-electron chi connectivity index (χ2n) is 13.3. The number of hydrogen-bond donors (Lipinski definition) is 0. The van der Waals surface area contributed by atoms with Crippen LogP contribution in [-0.4, -0.2) is 61.0 Å². The molecule has 8 aliphatic rings. The second-order valence-corrected chi connectivity index (χ2v) is 13.3. The van der Waals surface area contributed by atoms with Crippen LogP contribution in [0.15, 0.2) is 0 Å². The maximum Gasteiger partial charge on any atom is 0.0845 e. The molecule has 0 aromatic rings. The van der Waals surface area contributed by atoms with Crippen molar-refractivity contribution in [1.82, 2.24) is 0 Å². The van der Waals surface area contributed by atoms with Crippen molar-refractivity contribution in [3.05, 3.63) is 0 Å². The zero-order valence-electron chi connectivity index (χ0n) is 20.3. The summed E-state index contributed by atoms with van der Waals surface area (Å²) in [5.41, 5.74) is 0. The number of epoxide rings is 4. The van der Waals surface area contributed by atoms with Crippen LogP contribution in [0.25, 0.3) is 0 Å². The molecular weight excluding hydrogens is 416 g/mol. The van der Waals surface area contributed by atoms with Crippen LogP contribution < -0.4 is 0 Å². The molecule has 33 heavy (non-hydrogen) atoms. The van der Waals surface area contributed by atoms with E-state index in [4.69, 9.17) is 23.7 Å². The Kier molecular flexibility index (Phi) is 4.85. The normalized spacial score (nSPS) is 59.8. The Morgan fingerprint density at radius 2 is 0.879 bits per heavy atom. The molecular formula is C28H42O5. The Hall–Kier alpha value is -0.200. The molecule has 0 spiro atoms. The number of hydrogen-bond acceptors (Lipinski definition) is 5. The number of rotatable bonds is 6. The van der Waals surface area contributed by atoms with Gasteiger partial charge in [0.05, 0.1) is 61.0 Å². The molecule has 8 rings (SSSR count). The van der Waals surface area contributed by atoms with E-state index in [1.54, 1.807) is 0 Å². The lowest BCUT2D eigenvalue weighted by Crippen LogP contribution is -2.48. The van der Waals surface area contributed by atoms with Gasteiger partial charge in [0.15, 0.2) is 0 Å². The van der Waals surface area contributed by atoms with E-state index in [0.29, 0.717) is 96.5 Å². The molecule has 8 fully saturated rings. The van der Waals surface area contributed by atoms with Crippen LogP contribution in [0.3, 0.4) is 0 Å². The van der Waals surface area contributed by atoms with Gasteiger partial charge in [-0.3, -0.25) is 0 Å². The summed E-state index contributed by atoms with van der Waals surface area (Å²) in [6.45, 7) is 4.95. The standard InChI is InChI=1S/C28H42O5/c1-13-7-21-25(31-21)11-17(13)27(15-3-5-19-23(9-15)29-19)33-28(16-4-6-20-24(10-16)30-20)18-12-26-22(32-26)8-14(18)2/h13-28H,3-12H2,1-2H3. The third-order valence-corrected chi connectivity index (χ3v) is 11.2. The van der Waals surface area contributed by atoms with Crippen molar-refractivity contribution in [3.63, 3.8) is 0 Å². The first-order valence-corrected chi connectivity index (χ1v) is 14.4. The van der Waals surface area contributed by atoms with Crippen molar-refractivity contribution >= 4 is 0 Å². The highest BCUT2D eigenvalue weighted by molar-refractivity contribution is 5.04. The molecule has 0 aromatic carbocycles. The van der Waals surface area contributed by atoms with E-state index in [-0.39, 0.29) is 0 Å². The third-order valence-electron chi connectivity index (χ3n) is 11.2. The first-order valence-electron chi connectivity index (χ1n) is 14.4. The average molecular weight is 459 g/mol. The summed E-state index contributed by atoms with van der Waals surface area (Å²) in [4.78, 5) is 0. The van der Waals surface area contributed by atoms with E-state index in [0.717, 1.165) is 0 Å². The van der Waals surface area contributed by atoms with Crippen LogP contribution in [0.5, 0.6) is 0 Å². The van der Waals surface area contributed by atoms with Gasteiger partial charge in [0.1, 0.15) is 0 Å². The fraction of sp³-hybridized carbons (Fsp3) is 1.00. The molecule has 4 saturated carbocycles. The van der Waals surface area contributed by atoms with Gasteiger partial charge in [0.25, 0.3) is 0 Å². The Labute approximate surface area is 198 Å². The molecule has 0 radical (unpaired) electrons. The van der Waals surface area contributed by atoms with Crippen molar-refractivity contribution in [2.75, 3.05) is 0 Å². The highest BCUT2D eigenvalue weighted by Crippen LogP contribution is 2.53. The molecule has 5 nitrogen and oxygen atoms in total. The molecule has 4 aliphatic heterocycles. The lowest BCUT2D eigenvalue weighted by atomic mass is 9.69. The highest BCUT2D eigenvalue weighted by Gasteiger charge is 2.56. The second kappa shape index (κ2) is 7.65. The zero-order valence-corrected chi connectivity index (χ0v) is 20.3. The van der Waals surface area contributed by atoms with E-state index in [1.165, 1.54) is 64.2 Å². The van der Waals surface area contributed by atoms with Crippen molar-refractivity contribution < 1.29 is 23.7 Å². The lowest BCUT2D eigenvalue weighted by molar-refractivity contribution is -0.147. The Morgan fingerprint density at radius 1 is 0.485 bits per heavy atom. The van der Waals surface area contributed by atoms with Gasteiger partial charge in [-0.2, -0.15) is 0 Å². The quantitative estimate of drug-likeness (QED) is 0.549. The van der Waals surface area contributed by atoms with E-state index < -0.39 is 0 Å². The topological polar surface area (TPSA) is 59.4 Å². The summed E-state index contributed by atoms with van der Waals surface area (Å²) in [7, 11) is 0. The summed E-state index contributed by atoms with van der Waals surface area (Å²) < 4.78 is 31.6. The van der Waals surface area contributed by atoms with Crippen LogP contribution >= 0.6 is 0 Å². The summed E-state index contributed by atoms with van der Waals surface area (Å²) in [5, 5.41) is 0. The Morgan fingerprint density at radius 3 is 1.33 bits per heavy atom. The fourth-order valence-electron chi connectivity index (χ4n) is 8.96. The van der Waals surface area contributed by atoms with E-state index in [9.17, 15) is 0 Å². The van der Waals surface area contributed by atoms with Gasteiger partial charge >= 0.3 is 0 Å². The molecule has 0 bridgehead atoms. The first kappa shape index (κ1) is 20.9. The minimum Gasteiger partial charge on any atom is -0.374 e. The smallest absolute Gasteiger partial charge is 0.0845 e. The van der Waals surface area contributed by atoms with Crippen LogP contribution in [0.1, 0.15) is 78.1 Å². The minimum atomic E-state index is 0.364. The molecule has 16 atom stereocenters. The number of ether oxygens (including phenoxy) is 5. The molecule has 4 heterocycles. The maximum atomic E-state index is 7.59. The molecule has 0 amide bonds.